The van der Waals surface area contributed by atoms with E-state index < -0.39 is 0 Å². The lowest BCUT2D eigenvalue weighted by Crippen LogP contribution is -2.49. The van der Waals surface area contributed by atoms with Gasteiger partial charge >= 0.3 is 0 Å². The van der Waals surface area contributed by atoms with Crippen molar-refractivity contribution in [1.82, 2.24) is 4.90 Å². The summed E-state index contributed by atoms with van der Waals surface area (Å²) in [7, 11) is 0. The number of amides is 1. The Morgan fingerprint density at radius 1 is 1.17 bits per heavy atom. The number of rotatable bonds is 2. The van der Waals surface area contributed by atoms with Crippen LogP contribution in [-0.2, 0) is 4.79 Å². The van der Waals surface area contributed by atoms with Crippen LogP contribution in [0.15, 0.2) is 28.7 Å². The molecule has 96 valence electrons. The fraction of sp³-hybridized carbons (Fsp3) is 0.500. The third kappa shape index (κ3) is 2.19. The smallest absolute Gasteiger partial charge is 0.223 e. The Labute approximate surface area is 115 Å². The van der Waals surface area contributed by atoms with Gasteiger partial charge in [-0.3, -0.25) is 4.79 Å². The van der Waals surface area contributed by atoms with Crippen LogP contribution in [0.3, 0.4) is 0 Å². The Hall–Kier alpha value is -0.870. The Kier molecular flexibility index (Phi) is 3.16. The molecule has 4 heteroatoms. The highest BCUT2D eigenvalue weighted by molar-refractivity contribution is 9.10. The SMILES string of the molecule is NC1CCC(=O)N(C2CC2)C1c1ccc(Br)cc1. The topological polar surface area (TPSA) is 46.3 Å². The summed E-state index contributed by atoms with van der Waals surface area (Å²) in [6.45, 7) is 0. The second-order valence-corrected chi connectivity index (χ2v) is 6.15. The first-order valence-corrected chi connectivity index (χ1v) is 7.28. The zero-order valence-electron chi connectivity index (χ0n) is 10.2. The second-order valence-electron chi connectivity index (χ2n) is 5.23. The van der Waals surface area contributed by atoms with Gasteiger partial charge in [0, 0.05) is 23.0 Å². The van der Waals surface area contributed by atoms with Crippen molar-refractivity contribution in [3.63, 3.8) is 0 Å². The summed E-state index contributed by atoms with van der Waals surface area (Å²) in [4.78, 5) is 14.2. The number of likely N-dealkylation sites (tertiary alicyclic amines) is 1. The lowest BCUT2D eigenvalue weighted by atomic mass is 9.90. The minimum Gasteiger partial charge on any atom is -0.331 e. The zero-order valence-corrected chi connectivity index (χ0v) is 11.8. The highest BCUT2D eigenvalue weighted by Crippen LogP contribution is 2.40. The monoisotopic (exact) mass is 308 g/mol. The first kappa shape index (κ1) is 12.2. The van der Waals surface area contributed by atoms with Crippen molar-refractivity contribution in [3.8, 4) is 0 Å². The van der Waals surface area contributed by atoms with E-state index >= 15 is 0 Å². The number of hydrogen-bond acceptors (Lipinski definition) is 2. The maximum atomic E-state index is 12.1. The maximum absolute atomic E-state index is 12.1. The van der Waals surface area contributed by atoms with Gasteiger partial charge in [0.05, 0.1) is 6.04 Å². The van der Waals surface area contributed by atoms with Crippen LogP contribution >= 0.6 is 15.9 Å². The summed E-state index contributed by atoms with van der Waals surface area (Å²) >= 11 is 3.44. The lowest BCUT2D eigenvalue weighted by molar-refractivity contribution is -0.138. The molecule has 3 nitrogen and oxygen atoms in total. The summed E-state index contributed by atoms with van der Waals surface area (Å²) in [6, 6.07) is 8.73. The molecule has 0 aromatic heterocycles. The molecule has 1 aliphatic carbocycles. The molecule has 1 saturated heterocycles. The number of nitrogens with two attached hydrogens (primary N) is 1. The van der Waals surface area contributed by atoms with Crippen molar-refractivity contribution in [1.29, 1.82) is 0 Å². The predicted octanol–water partition coefficient (Wildman–Crippen LogP) is 2.60. The number of carbonyl (C=O) groups is 1. The van der Waals surface area contributed by atoms with Crippen LogP contribution in [0.2, 0.25) is 0 Å². The predicted molar refractivity (Wildman–Crippen MR) is 74.0 cm³/mol. The molecular weight excluding hydrogens is 292 g/mol. The van der Waals surface area contributed by atoms with Crippen LogP contribution in [0, 0.1) is 0 Å². The van der Waals surface area contributed by atoms with E-state index in [1.165, 1.54) is 0 Å². The van der Waals surface area contributed by atoms with Crippen molar-refractivity contribution in [2.24, 2.45) is 5.73 Å². The van der Waals surface area contributed by atoms with Crippen molar-refractivity contribution in [3.05, 3.63) is 34.3 Å². The van der Waals surface area contributed by atoms with Gasteiger partial charge in [0.2, 0.25) is 5.91 Å². The summed E-state index contributed by atoms with van der Waals surface area (Å²) in [5, 5.41) is 0. The third-order valence-electron chi connectivity index (χ3n) is 3.84. The molecule has 2 aliphatic rings. The van der Waals surface area contributed by atoms with Crippen LogP contribution in [0.4, 0.5) is 0 Å². The summed E-state index contributed by atoms with van der Waals surface area (Å²) in [5.74, 6) is 0.270. The van der Waals surface area contributed by atoms with Crippen LogP contribution in [0.25, 0.3) is 0 Å². The van der Waals surface area contributed by atoms with Crippen molar-refractivity contribution >= 4 is 21.8 Å². The summed E-state index contributed by atoms with van der Waals surface area (Å²) < 4.78 is 1.06. The van der Waals surface area contributed by atoms with Gasteiger partial charge in [-0.15, -0.1) is 0 Å². The second kappa shape index (κ2) is 4.67. The van der Waals surface area contributed by atoms with E-state index in [-0.39, 0.29) is 18.0 Å². The molecular formula is C14H17BrN2O. The quantitative estimate of drug-likeness (QED) is 0.913. The largest absolute Gasteiger partial charge is 0.331 e. The zero-order chi connectivity index (χ0) is 12.7. The first-order chi connectivity index (χ1) is 8.66. The minimum atomic E-state index is 0.0597. The molecule has 0 spiro atoms. The van der Waals surface area contributed by atoms with Gasteiger partial charge in [0.25, 0.3) is 0 Å². The summed E-state index contributed by atoms with van der Waals surface area (Å²) in [5.41, 5.74) is 7.42. The van der Waals surface area contributed by atoms with Gasteiger partial charge in [-0.05, 0) is 37.0 Å². The molecule has 2 unspecified atom stereocenters. The lowest BCUT2D eigenvalue weighted by Gasteiger charge is -2.40. The maximum Gasteiger partial charge on any atom is 0.223 e. The van der Waals surface area contributed by atoms with E-state index in [4.69, 9.17) is 5.73 Å². The Bertz CT molecular complexity index is 455. The van der Waals surface area contributed by atoms with E-state index in [1.54, 1.807) is 0 Å². The number of carbonyl (C=O) groups excluding carboxylic acids is 1. The van der Waals surface area contributed by atoms with E-state index in [9.17, 15) is 4.79 Å². The molecule has 0 bridgehead atoms. The van der Waals surface area contributed by atoms with E-state index in [2.05, 4.69) is 28.1 Å². The fourth-order valence-electron chi connectivity index (χ4n) is 2.79. The van der Waals surface area contributed by atoms with Crippen molar-refractivity contribution < 1.29 is 4.79 Å². The molecule has 0 radical (unpaired) electrons. The van der Waals surface area contributed by atoms with Crippen LogP contribution in [0.5, 0.6) is 0 Å². The van der Waals surface area contributed by atoms with Crippen LogP contribution < -0.4 is 5.73 Å². The fourth-order valence-corrected chi connectivity index (χ4v) is 3.05. The number of piperidine rings is 1. The minimum absolute atomic E-state index is 0.0597. The molecule has 1 saturated carbocycles. The van der Waals surface area contributed by atoms with Crippen molar-refractivity contribution in [2.75, 3.05) is 0 Å². The van der Waals surface area contributed by atoms with Crippen LogP contribution in [-0.4, -0.2) is 22.9 Å². The Morgan fingerprint density at radius 2 is 1.83 bits per heavy atom. The average Bonchev–Trinajstić information content (AvgIpc) is 3.17. The Balaban J connectivity index is 1.94. The van der Waals surface area contributed by atoms with Crippen LogP contribution in [0.1, 0.15) is 37.3 Å². The Morgan fingerprint density at radius 3 is 2.44 bits per heavy atom. The average molecular weight is 309 g/mol. The molecule has 2 atom stereocenters. The molecule has 1 aliphatic heterocycles. The first-order valence-electron chi connectivity index (χ1n) is 6.49. The summed E-state index contributed by atoms with van der Waals surface area (Å²) in [6.07, 6.45) is 3.66. The molecule has 1 heterocycles. The number of benzene rings is 1. The van der Waals surface area contributed by atoms with E-state index in [1.807, 2.05) is 17.0 Å². The number of nitrogens with zero attached hydrogens (tertiary/aromatic N) is 1. The molecule has 2 N–H and O–H groups in total. The third-order valence-corrected chi connectivity index (χ3v) is 4.37. The van der Waals surface area contributed by atoms with Gasteiger partial charge in [0.15, 0.2) is 0 Å². The molecule has 1 aromatic carbocycles. The van der Waals surface area contributed by atoms with Gasteiger partial charge in [0.1, 0.15) is 0 Å². The molecule has 1 aromatic rings. The standard InChI is InChI=1S/C14H17BrN2O/c15-10-3-1-9(2-4-10)14-12(16)7-8-13(18)17(14)11-5-6-11/h1-4,11-12,14H,5-8,16H2. The van der Waals surface area contributed by atoms with E-state index in [0.29, 0.717) is 12.5 Å². The number of hydrogen-bond donors (Lipinski definition) is 1. The highest BCUT2D eigenvalue weighted by atomic mass is 79.9. The molecule has 18 heavy (non-hydrogen) atoms. The molecule has 1 amide bonds. The van der Waals surface area contributed by atoms with Gasteiger partial charge in [-0.2, -0.15) is 0 Å². The van der Waals surface area contributed by atoms with Gasteiger partial charge in [-0.25, -0.2) is 0 Å². The molecule has 2 fully saturated rings. The van der Waals surface area contributed by atoms with Gasteiger partial charge in [-0.1, -0.05) is 28.1 Å². The normalized spacial score (nSPS) is 28.6. The van der Waals surface area contributed by atoms with E-state index in [0.717, 1.165) is 29.3 Å². The highest BCUT2D eigenvalue weighted by Gasteiger charge is 2.42. The van der Waals surface area contributed by atoms with Gasteiger partial charge < -0.3 is 10.6 Å². The number of halogens is 1. The molecule has 3 rings (SSSR count). The van der Waals surface area contributed by atoms with Crippen molar-refractivity contribution in [2.45, 2.75) is 43.8 Å².